The van der Waals surface area contributed by atoms with Crippen LogP contribution < -0.4 is 14.0 Å². The highest BCUT2D eigenvalue weighted by molar-refractivity contribution is 5.95. The minimum absolute atomic E-state index is 0.0457. The number of hydrogen-bond donors (Lipinski definition) is 0. The summed E-state index contributed by atoms with van der Waals surface area (Å²) in [6.45, 7) is 21.3. The Morgan fingerprint density at radius 2 is 1.59 bits per heavy atom. The highest BCUT2D eigenvalue weighted by atomic mass is 16.5. The van der Waals surface area contributed by atoms with Gasteiger partial charge in [0.25, 0.3) is 11.4 Å². The summed E-state index contributed by atoms with van der Waals surface area (Å²) in [4.78, 5) is 0. The number of benzene rings is 2. The average molecular weight is 491 g/mol. The molecule has 0 amide bonds. The minimum Gasteiger partial charge on any atom is -0.444 e. The van der Waals surface area contributed by atoms with Crippen molar-refractivity contribution in [2.75, 3.05) is 6.54 Å². The molecule has 3 aliphatic heterocycles. The van der Waals surface area contributed by atoms with E-state index in [-0.39, 0.29) is 10.8 Å². The van der Waals surface area contributed by atoms with Crippen LogP contribution in [0.3, 0.4) is 0 Å². The van der Waals surface area contributed by atoms with E-state index in [0.29, 0.717) is 4.59 Å². The summed E-state index contributed by atoms with van der Waals surface area (Å²) in [5.74, 6) is 1.88. The fourth-order valence-corrected chi connectivity index (χ4v) is 6.32. The van der Waals surface area contributed by atoms with Gasteiger partial charge in [0, 0.05) is 18.6 Å². The summed E-state index contributed by atoms with van der Waals surface area (Å²) in [6.07, 6.45) is 7.80. The average Bonchev–Trinajstić information content (AvgIpc) is 3.06. The van der Waals surface area contributed by atoms with E-state index in [9.17, 15) is 0 Å². The second-order valence-corrected chi connectivity index (χ2v) is 12.7. The first-order valence-electron chi connectivity index (χ1n) is 13.4. The molecule has 1 spiro atoms. The summed E-state index contributed by atoms with van der Waals surface area (Å²) in [7, 11) is 0. The zero-order chi connectivity index (χ0) is 26.3. The van der Waals surface area contributed by atoms with Crippen molar-refractivity contribution in [3.63, 3.8) is 0 Å². The van der Waals surface area contributed by atoms with Crippen LogP contribution in [0.15, 0.2) is 84.6 Å². The Morgan fingerprint density at radius 3 is 2.22 bits per heavy atom. The number of aromatic nitrogens is 1. The van der Waals surface area contributed by atoms with Crippen molar-refractivity contribution < 1.29 is 9.41 Å². The van der Waals surface area contributed by atoms with Crippen LogP contribution in [0.1, 0.15) is 66.0 Å². The van der Waals surface area contributed by atoms with Gasteiger partial charge in [-0.25, -0.2) is 0 Å². The van der Waals surface area contributed by atoms with Crippen molar-refractivity contribution in [2.45, 2.75) is 60.3 Å². The van der Waals surface area contributed by atoms with Gasteiger partial charge in [-0.2, -0.15) is 0 Å². The summed E-state index contributed by atoms with van der Waals surface area (Å²) in [5.41, 5.74) is 11.3. The number of fused-ring (bicyclic) bond motifs is 2. The Hall–Kier alpha value is -3.43. The Morgan fingerprint density at radius 1 is 0.946 bits per heavy atom. The number of allylic oxidation sites excluding steroid dienone is 4. The zero-order valence-electron chi connectivity index (χ0n) is 23.3. The lowest BCUT2D eigenvalue weighted by Crippen LogP contribution is -2.67. The fourth-order valence-electron chi connectivity index (χ4n) is 6.32. The smallest absolute Gasteiger partial charge is 0.280 e. The molecule has 1 aromatic heterocycles. The van der Waals surface area contributed by atoms with E-state index in [4.69, 9.17) is 4.74 Å². The largest absolute Gasteiger partial charge is 0.444 e. The van der Waals surface area contributed by atoms with Crippen molar-refractivity contribution >= 4 is 16.9 Å². The number of para-hydroxylation sites is 2. The Bertz CT molecular complexity index is 1540. The first-order valence-corrected chi connectivity index (χ1v) is 13.4. The van der Waals surface area contributed by atoms with Gasteiger partial charge in [0.15, 0.2) is 11.5 Å². The van der Waals surface area contributed by atoms with Crippen LogP contribution in [-0.2, 0) is 5.41 Å². The van der Waals surface area contributed by atoms with Crippen LogP contribution in [0, 0.1) is 5.41 Å². The molecule has 4 heterocycles. The molecule has 3 nitrogen and oxygen atoms in total. The van der Waals surface area contributed by atoms with Gasteiger partial charge in [-0.1, -0.05) is 72.4 Å². The summed E-state index contributed by atoms with van der Waals surface area (Å²) >= 11 is 0. The van der Waals surface area contributed by atoms with Crippen LogP contribution in [0.4, 0.5) is 11.4 Å². The van der Waals surface area contributed by atoms with Crippen LogP contribution in [-0.4, -0.2) is 6.54 Å². The third kappa shape index (κ3) is 3.33. The maximum atomic E-state index is 6.68. The Labute approximate surface area is 221 Å². The van der Waals surface area contributed by atoms with Crippen molar-refractivity contribution in [3.05, 3.63) is 95.7 Å². The van der Waals surface area contributed by atoms with E-state index >= 15 is 0 Å². The van der Waals surface area contributed by atoms with Gasteiger partial charge < -0.3 is 4.74 Å². The van der Waals surface area contributed by atoms with Gasteiger partial charge in [-0.15, -0.1) is 0 Å². The second kappa shape index (κ2) is 7.79. The normalized spacial score (nSPS) is 21.2. The molecular formula is C34H38N2O+2. The van der Waals surface area contributed by atoms with Crippen molar-refractivity contribution in [1.82, 2.24) is 4.59 Å². The standard InChI is InChI=1S/C34H38N2O/c1-9-23(33(3,4)5)20-27-22(2)17-19-36-31-25(27)12-10-14-29(31)37-30-15-11-13-26(32(30)36)28-21-24(34(6,7)8)16-18-35(28)36/h9-16,18,20-21H,2,17,19H2,1,3-8H3/q+2/b23-9+,27-20+. The molecule has 3 heteroatoms. The zero-order valence-corrected chi connectivity index (χ0v) is 23.3. The van der Waals surface area contributed by atoms with Crippen molar-refractivity contribution in [3.8, 4) is 22.8 Å². The molecule has 0 N–H and O–H groups in total. The summed E-state index contributed by atoms with van der Waals surface area (Å²) in [6, 6.07) is 17.7. The van der Waals surface area contributed by atoms with E-state index in [2.05, 4.69) is 127 Å². The van der Waals surface area contributed by atoms with Gasteiger partial charge in [-0.05, 0) is 73.6 Å². The molecular weight excluding hydrogens is 452 g/mol. The van der Waals surface area contributed by atoms with E-state index in [1.54, 1.807) is 0 Å². The van der Waals surface area contributed by atoms with Crippen LogP contribution >= 0.6 is 0 Å². The molecule has 188 valence electrons. The second-order valence-electron chi connectivity index (χ2n) is 12.7. The van der Waals surface area contributed by atoms with E-state index in [0.717, 1.165) is 24.5 Å². The van der Waals surface area contributed by atoms with Crippen LogP contribution in [0.2, 0.25) is 0 Å². The summed E-state index contributed by atoms with van der Waals surface area (Å²) < 4.78 is 9.77. The van der Waals surface area contributed by atoms with Gasteiger partial charge in [0.1, 0.15) is 12.1 Å². The Balaban J connectivity index is 1.70. The number of quaternary nitrogens is 1. The molecule has 3 aliphatic rings. The highest BCUT2D eigenvalue weighted by Crippen LogP contribution is 2.60. The number of rotatable bonds is 1. The molecule has 0 saturated heterocycles. The van der Waals surface area contributed by atoms with Gasteiger partial charge in [0.05, 0.1) is 5.56 Å². The molecule has 0 fully saturated rings. The molecule has 3 aromatic rings. The lowest BCUT2D eigenvalue weighted by atomic mass is 9.83. The maximum absolute atomic E-state index is 6.68. The summed E-state index contributed by atoms with van der Waals surface area (Å²) in [5, 5.41) is 0. The minimum atomic E-state index is 0.0457. The molecule has 0 saturated carbocycles. The predicted molar refractivity (Wildman–Crippen MR) is 154 cm³/mol. The molecule has 6 rings (SSSR count). The quantitative estimate of drug-likeness (QED) is 0.245. The molecule has 37 heavy (non-hydrogen) atoms. The molecule has 1 unspecified atom stereocenters. The lowest BCUT2D eigenvalue weighted by Gasteiger charge is -2.32. The maximum Gasteiger partial charge on any atom is 0.280 e. The third-order valence-electron chi connectivity index (χ3n) is 8.29. The molecule has 1 atom stereocenters. The predicted octanol–water partition coefficient (Wildman–Crippen LogP) is 8.80. The number of hydrogen-bond acceptors (Lipinski definition) is 1. The fraction of sp³-hybridized carbons (Fsp3) is 0.324. The van der Waals surface area contributed by atoms with Crippen molar-refractivity contribution in [1.29, 1.82) is 0 Å². The molecule has 0 radical (unpaired) electrons. The third-order valence-corrected chi connectivity index (χ3v) is 8.29. The number of pyridine rings is 1. The monoisotopic (exact) mass is 490 g/mol. The van der Waals surface area contributed by atoms with Gasteiger partial charge in [0.2, 0.25) is 11.9 Å². The SMILES string of the molecule is C=C1CC[N+]23c4c(cccc4/C1=C/C(=C\C)C(C)(C)C)Oc1cccc(c12)-c1cc(C(C)(C)C)cc[n+]13. The van der Waals surface area contributed by atoms with Crippen LogP contribution in [0.25, 0.3) is 16.8 Å². The molecule has 0 bridgehead atoms. The van der Waals surface area contributed by atoms with Gasteiger partial charge >= 0.3 is 0 Å². The molecule has 0 aliphatic carbocycles. The van der Waals surface area contributed by atoms with E-state index in [1.807, 2.05) is 0 Å². The van der Waals surface area contributed by atoms with Crippen molar-refractivity contribution in [2.24, 2.45) is 5.41 Å². The molecule has 2 aromatic carbocycles. The van der Waals surface area contributed by atoms with Crippen LogP contribution in [0.5, 0.6) is 11.5 Å². The first-order chi connectivity index (χ1) is 17.5. The van der Waals surface area contributed by atoms with E-state index < -0.39 is 0 Å². The number of ether oxygens (including phenoxy) is 1. The Kier molecular flexibility index (Phi) is 5.04. The number of nitrogens with zero attached hydrogens (tertiary/aromatic N) is 2. The van der Waals surface area contributed by atoms with Gasteiger partial charge in [-0.3, -0.25) is 0 Å². The first kappa shape index (κ1) is 23.9. The topological polar surface area (TPSA) is 13.1 Å². The highest BCUT2D eigenvalue weighted by Gasteiger charge is 2.61. The van der Waals surface area contributed by atoms with E-state index in [1.165, 1.54) is 50.5 Å². The lowest BCUT2D eigenvalue weighted by molar-refractivity contribution is -0.780.